The summed E-state index contributed by atoms with van der Waals surface area (Å²) in [5, 5.41) is 5.61. The highest BCUT2D eigenvalue weighted by molar-refractivity contribution is 7.10. The molecule has 0 aliphatic carbocycles. The van der Waals surface area contributed by atoms with Crippen LogP contribution in [0.1, 0.15) is 36.9 Å². The third-order valence-corrected chi connectivity index (χ3v) is 7.15. The first-order valence-corrected chi connectivity index (χ1v) is 11.9. The summed E-state index contributed by atoms with van der Waals surface area (Å²) in [6.45, 7) is 3.13. The second-order valence-corrected chi connectivity index (χ2v) is 9.70. The third-order valence-electron chi connectivity index (χ3n) is 5.71. The molecule has 2 aromatic carbocycles. The Morgan fingerprint density at radius 2 is 1.82 bits per heavy atom. The Labute approximate surface area is 205 Å². The van der Waals surface area contributed by atoms with Crippen LogP contribution in [-0.2, 0) is 13.1 Å². The van der Waals surface area contributed by atoms with Crippen molar-refractivity contribution in [2.45, 2.75) is 20.0 Å². The fraction of sp³-hybridized carbons (Fsp3) is 0.120. The zero-order chi connectivity index (χ0) is 23.1. The Morgan fingerprint density at radius 3 is 2.61 bits per heavy atom. The van der Waals surface area contributed by atoms with Crippen molar-refractivity contribution in [1.29, 1.82) is 0 Å². The maximum Gasteiger partial charge on any atom is 0.258 e. The van der Waals surface area contributed by atoms with Gasteiger partial charge in [-0.05, 0) is 72.5 Å². The van der Waals surface area contributed by atoms with E-state index in [4.69, 9.17) is 23.2 Å². The molecule has 0 spiro atoms. The van der Waals surface area contributed by atoms with E-state index in [2.05, 4.69) is 9.88 Å². The zero-order valence-corrected chi connectivity index (χ0v) is 20.0. The van der Waals surface area contributed by atoms with Gasteiger partial charge in [0, 0.05) is 33.0 Å². The molecule has 0 unspecified atom stereocenters. The molecule has 1 aliphatic rings. The molecule has 2 amide bonds. The van der Waals surface area contributed by atoms with Gasteiger partial charge in [-0.1, -0.05) is 23.2 Å². The number of hydrogen-bond donors (Lipinski definition) is 1. The summed E-state index contributed by atoms with van der Waals surface area (Å²) in [7, 11) is 0. The molecule has 0 saturated heterocycles. The molecule has 4 aromatic rings. The van der Waals surface area contributed by atoms with Crippen LogP contribution in [0.3, 0.4) is 0 Å². The number of amides is 2. The number of rotatable bonds is 3. The number of fused-ring (bicyclic) bond motifs is 2. The Balaban J connectivity index is 1.41. The van der Waals surface area contributed by atoms with Gasteiger partial charge in [0.1, 0.15) is 0 Å². The van der Waals surface area contributed by atoms with Gasteiger partial charge in [0.25, 0.3) is 11.8 Å². The predicted molar refractivity (Wildman–Crippen MR) is 134 cm³/mol. The van der Waals surface area contributed by atoms with Crippen molar-refractivity contribution < 1.29 is 9.59 Å². The largest absolute Gasteiger partial charge is 0.344 e. The molecule has 0 saturated carbocycles. The van der Waals surface area contributed by atoms with Crippen LogP contribution in [0.2, 0.25) is 10.0 Å². The van der Waals surface area contributed by atoms with E-state index >= 15 is 0 Å². The van der Waals surface area contributed by atoms with Crippen molar-refractivity contribution in [2.75, 3.05) is 10.2 Å². The number of aryl methyl sites for hydroxylation is 1. The second kappa shape index (κ2) is 8.71. The van der Waals surface area contributed by atoms with E-state index in [0.717, 1.165) is 28.4 Å². The van der Waals surface area contributed by atoms with Gasteiger partial charge in [-0.3, -0.25) is 9.59 Å². The van der Waals surface area contributed by atoms with E-state index in [9.17, 15) is 9.59 Å². The van der Waals surface area contributed by atoms with Gasteiger partial charge in [0.2, 0.25) is 0 Å². The molecule has 5 nitrogen and oxygen atoms in total. The molecule has 33 heavy (non-hydrogen) atoms. The first kappa shape index (κ1) is 21.8. The number of thiophene rings is 1. The number of nitrogens with one attached hydrogen (secondary N) is 1. The maximum atomic E-state index is 13.6. The number of aromatic nitrogens is 1. The number of carbonyl (C=O) groups excluding carboxylic acids is 2. The van der Waals surface area contributed by atoms with E-state index in [1.165, 1.54) is 6.07 Å². The van der Waals surface area contributed by atoms with Crippen molar-refractivity contribution in [3.05, 3.63) is 103 Å². The quantitative estimate of drug-likeness (QED) is 0.346. The maximum absolute atomic E-state index is 13.6. The number of nitrogens with zero attached hydrogens (tertiary/aromatic N) is 2. The van der Waals surface area contributed by atoms with Gasteiger partial charge in [-0.25, -0.2) is 0 Å². The van der Waals surface area contributed by atoms with Crippen LogP contribution in [0.5, 0.6) is 0 Å². The summed E-state index contributed by atoms with van der Waals surface area (Å²) in [5.41, 5.74) is 4.32. The number of carbonyl (C=O) groups is 2. The van der Waals surface area contributed by atoms with Gasteiger partial charge < -0.3 is 14.8 Å². The van der Waals surface area contributed by atoms with Crippen molar-refractivity contribution in [3.8, 4) is 0 Å². The molecule has 3 heterocycles. The van der Waals surface area contributed by atoms with Crippen molar-refractivity contribution in [2.24, 2.45) is 0 Å². The minimum Gasteiger partial charge on any atom is -0.344 e. The number of benzene rings is 2. The molecular formula is C25H19Cl2N3O2S. The molecule has 8 heteroatoms. The average molecular weight is 496 g/mol. The molecule has 0 fully saturated rings. The van der Waals surface area contributed by atoms with Crippen LogP contribution in [0.4, 0.5) is 11.4 Å². The molecule has 0 radical (unpaired) electrons. The lowest BCUT2D eigenvalue weighted by atomic mass is 10.1. The van der Waals surface area contributed by atoms with Crippen molar-refractivity contribution in [3.63, 3.8) is 0 Å². The van der Waals surface area contributed by atoms with Gasteiger partial charge in [-0.2, -0.15) is 0 Å². The van der Waals surface area contributed by atoms with Crippen molar-refractivity contribution >= 4 is 57.7 Å². The first-order chi connectivity index (χ1) is 15.9. The van der Waals surface area contributed by atoms with Gasteiger partial charge in [0.15, 0.2) is 0 Å². The van der Waals surface area contributed by atoms with E-state index in [0.29, 0.717) is 28.4 Å². The van der Waals surface area contributed by atoms with E-state index in [1.54, 1.807) is 41.7 Å². The van der Waals surface area contributed by atoms with Crippen LogP contribution in [0, 0.1) is 6.92 Å². The van der Waals surface area contributed by atoms with Crippen LogP contribution in [0.15, 0.2) is 66.2 Å². The molecule has 0 bridgehead atoms. The van der Waals surface area contributed by atoms with Crippen LogP contribution < -0.4 is 10.2 Å². The van der Waals surface area contributed by atoms with E-state index < -0.39 is 0 Å². The molecule has 1 N–H and O–H groups in total. The summed E-state index contributed by atoms with van der Waals surface area (Å²) >= 11 is 13.7. The van der Waals surface area contributed by atoms with Crippen molar-refractivity contribution in [1.82, 2.24) is 4.57 Å². The third kappa shape index (κ3) is 4.17. The smallest absolute Gasteiger partial charge is 0.258 e. The second-order valence-electron chi connectivity index (χ2n) is 7.86. The lowest BCUT2D eigenvalue weighted by molar-refractivity contribution is 0.0983. The summed E-state index contributed by atoms with van der Waals surface area (Å²) in [5.74, 6) is -0.410. The summed E-state index contributed by atoms with van der Waals surface area (Å²) in [6.07, 6.45) is 2.04. The molecule has 5 rings (SSSR count). The van der Waals surface area contributed by atoms with Crippen LogP contribution in [0.25, 0.3) is 0 Å². The SMILES string of the molecule is Cc1cc(NC(=O)c2ccc(Cl)cc2Cl)ccc1C(=O)N1Cc2cccn2Cc2sccc21. The summed E-state index contributed by atoms with van der Waals surface area (Å²) < 4.78 is 2.18. The number of hydrogen-bond acceptors (Lipinski definition) is 3. The Hall–Kier alpha value is -3.06. The minimum atomic E-state index is -0.341. The lowest BCUT2D eigenvalue weighted by Gasteiger charge is -2.22. The van der Waals surface area contributed by atoms with Gasteiger partial charge in [0.05, 0.1) is 29.4 Å². The zero-order valence-electron chi connectivity index (χ0n) is 17.6. The fourth-order valence-corrected chi connectivity index (χ4v) is 5.39. The van der Waals surface area contributed by atoms with Crippen LogP contribution in [-0.4, -0.2) is 16.4 Å². The van der Waals surface area contributed by atoms with E-state index in [-0.39, 0.29) is 16.8 Å². The highest BCUT2D eigenvalue weighted by Gasteiger charge is 2.26. The summed E-state index contributed by atoms with van der Waals surface area (Å²) in [6, 6.07) is 16.1. The average Bonchev–Trinajstić information content (AvgIpc) is 3.39. The standard InChI is InChI=1S/C25H19Cl2N3O2S/c1-15-11-17(28-24(31)20-6-4-16(26)12-21(20)27)5-7-19(15)25(32)30-13-18-3-2-9-29(18)14-23-22(30)8-10-33-23/h2-12H,13-14H2,1H3,(H,28,31). The molecule has 1 aliphatic heterocycles. The van der Waals surface area contributed by atoms with Gasteiger partial charge >= 0.3 is 0 Å². The Bertz CT molecular complexity index is 1390. The molecule has 0 atom stereocenters. The highest BCUT2D eigenvalue weighted by Crippen LogP contribution is 2.33. The minimum absolute atomic E-state index is 0.0691. The highest BCUT2D eigenvalue weighted by atomic mass is 35.5. The van der Waals surface area contributed by atoms with Gasteiger partial charge in [-0.15, -0.1) is 11.3 Å². The normalized spacial score (nSPS) is 12.6. The number of anilines is 2. The lowest BCUT2D eigenvalue weighted by Crippen LogP contribution is -2.30. The molecular weight excluding hydrogens is 477 g/mol. The first-order valence-electron chi connectivity index (χ1n) is 10.3. The van der Waals surface area contributed by atoms with E-state index in [1.807, 2.05) is 41.6 Å². The summed E-state index contributed by atoms with van der Waals surface area (Å²) in [4.78, 5) is 29.2. The molecule has 2 aromatic heterocycles. The Kier molecular flexibility index (Phi) is 5.74. The number of halogens is 2. The molecule has 166 valence electrons. The Morgan fingerprint density at radius 1 is 1.00 bits per heavy atom. The fourth-order valence-electron chi connectivity index (χ4n) is 4.02. The topological polar surface area (TPSA) is 54.3 Å². The predicted octanol–water partition coefficient (Wildman–Crippen LogP) is 6.63. The monoisotopic (exact) mass is 495 g/mol. The van der Waals surface area contributed by atoms with Crippen LogP contribution >= 0.6 is 34.5 Å².